The molecule has 2 N–H and O–H groups in total. The summed E-state index contributed by atoms with van der Waals surface area (Å²) in [6, 6.07) is 6.08. The molecule has 2 atom stereocenters. The molecule has 16 heavy (non-hydrogen) atoms. The Morgan fingerprint density at radius 2 is 2.25 bits per heavy atom. The summed E-state index contributed by atoms with van der Waals surface area (Å²) in [5.74, 6) is 1.48. The van der Waals surface area contributed by atoms with Crippen LogP contribution in [0.4, 0.5) is 0 Å². The topological polar surface area (TPSA) is 41.5 Å². The van der Waals surface area contributed by atoms with Gasteiger partial charge >= 0.3 is 0 Å². The highest BCUT2D eigenvalue weighted by molar-refractivity contribution is 5.85. The summed E-state index contributed by atoms with van der Waals surface area (Å²) < 4.78 is 5.61. The molecule has 2 aliphatic heterocycles. The van der Waals surface area contributed by atoms with E-state index in [4.69, 9.17) is 4.74 Å². The van der Waals surface area contributed by atoms with Crippen LogP contribution in [-0.4, -0.2) is 24.3 Å². The second kappa shape index (κ2) is 4.52. The number of hydrogen-bond donors (Lipinski definition) is 2. The molecule has 88 valence electrons. The standard InChI is InChI=1S/C12H15NO2.ClH/c14-11-5-1-3-9-8-4-2-6-13-10(8)7-15-12(9)11;/h1,3,5,8,10,13-14H,2,4,6-7H2;1H/t8-,10-;/m0./s1. The number of hydrogen-bond acceptors (Lipinski definition) is 3. The highest BCUT2D eigenvalue weighted by atomic mass is 35.5. The number of ether oxygens (including phenoxy) is 1. The molecule has 0 spiro atoms. The van der Waals surface area contributed by atoms with Crippen LogP contribution in [0.15, 0.2) is 18.2 Å². The summed E-state index contributed by atoms with van der Waals surface area (Å²) in [6.45, 7) is 1.76. The zero-order chi connectivity index (χ0) is 10.3. The highest BCUT2D eigenvalue weighted by Gasteiger charge is 2.33. The zero-order valence-corrected chi connectivity index (χ0v) is 9.80. The summed E-state index contributed by atoms with van der Waals surface area (Å²) in [6.07, 6.45) is 2.40. The van der Waals surface area contributed by atoms with Crippen molar-refractivity contribution in [1.82, 2.24) is 5.32 Å². The lowest BCUT2D eigenvalue weighted by atomic mass is 9.83. The third kappa shape index (κ3) is 1.74. The molecule has 1 fully saturated rings. The number of fused-ring (bicyclic) bond motifs is 3. The van der Waals surface area contributed by atoms with Crippen LogP contribution in [0.2, 0.25) is 0 Å². The molecule has 1 aromatic carbocycles. The van der Waals surface area contributed by atoms with Gasteiger partial charge in [0.1, 0.15) is 6.61 Å². The van der Waals surface area contributed by atoms with Gasteiger partial charge in [0.2, 0.25) is 0 Å². The minimum absolute atomic E-state index is 0. The molecule has 0 amide bonds. The third-order valence-corrected chi connectivity index (χ3v) is 3.42. The summed E-state index contributed by atoms with van der Waals surface area (Å²) in [5, 5.41) is 13.2. The lowest BCUT2D eigenvalue weighted by molar-refractivity contribution is 0.184. The van der Waals surface area contributed by atoms with E-state index in [-0.39, 0.29) is 18.2 Å². The van der Waals surface area contributed by atoms with Crippen LogP contribution in [0.1, 0.15) is 24.3 Å². The van der Waals surface area contributed by atoms with Crippen LogP contribution in [0.3, 0.4) is 0 Å². The summed E-state index contributed by atoms with van der Waals surface area (Å²) >= 11 is 0. The van der Waals surface area contributed by atoms with Gasteiger partial charge in [-0.1, -0.05) is 12.1 Å². The lowest BCUT2D eigenvalue weighted by Gasteiger charge is -2.37. The number of nitrogens with one attached hydrogen (secondary N) is 1. The highest BCUT2D eigenvalue weighted by Crippen LogP contribution is 2.42. The predicted octanol–water partition coefficient (Wildman–Crippen LogP) is 2.04. The number of phenols is 1. The second-order valence-corrected chi connectivity index (χ2v) is 4.32. The van der Waals surface area contributed by atoms with Gasteiger partial charge in [-0.05, 0) is 25.5 Å². The van der Waals surface area contributed by atoms with Crippen LogP contribution >= 0.6 is 12.4 Å². The average molecular weight is 242 g/mol. The van der Waals surface area contributed by atoms with Crippen LogP contribution in [0.25, 0.3) is 0 Å². The number of para-hydroxylation sites is 1. The molecule has 1 aromatic rings. The maximum atomic E-state index is 9.70. The average Bonchev–Trinajstić information content (AvgIpc) is 2.29. The fourth-order valence-corrected chi connectivity index (χ4v) is 2.66. The Hall–Kier alpha value is -0.930. The first kappa shape index (κ1) is 11.6. The fraction of sp³-hybridized carbons (Fsp3) is 0.500. The number of aromatic hydroxyl groups is 1. The Balaban J connectivity index is 0.000000963. The van der Waals surface area contributed by atoms with E-state index in [1.54, 1.807) is 6.07 Å². The molecule has 2 heterocycles. The smallest absolute Gasteiger partial charge is 0.164 e. The molecule has 3 rings (SSSR count). The van der Waals surface area contributed by atoms with E-state index >= 15 is 0 Å². The third-order valence-electron chi connectivity index (χ3n) is 3.42. The summed E-state index contributed by atoms with van der Waals surface area (Å²) in [4.78, 5) is 0. The Morgan fingerprint density at radius 1 is 1.38 bits per heavy atom. The van der Waals surface area contributed by atoms with Crippen LogP contribution < -0.4 is 10.1 Å². The first-order valence-corrected chi connectivity index (χ1v) is 5.54. The van der Waals surface area contributed by atoms with Crippen LogP contribution in [-0.2, 0) is 0 Å². The van der Waals surface area contributed by atoms with Crippen molar-refractivity contribution in [3.63, 3.8) is 0 Å². The largest absolute Gasteiger partial charge is 0.504 e. The quantitative estimate of drug-likeness (QED) is 0.731. The first-order chi connectivity index (χ1) is 7.36. The van der Waals surface area contributed by atoms with Crippen molar-refractivity contribution in [3.8, 4) is 11.5 Å². The molecule has 4 heteroatoms. The Labute approximate surface area is 101 Å². The molecule has 0 aromatic heterocycles. The van der Waals surface area contributed by atoms with Gasteiger partial charge in [0.05, 0.1) is 0 Å². The van der Waals surface area contributed by atoms with Crippen LogP contribution in [0, 0.1) is 0 Å². The molecule has 0 bridgehead atoms. The molecule has 3 nitrogen and oxygen atoms in total. The minimum Gasteiger partial charge on any atom is -0.504 e. The van der Waals surface area contributed by atoms with Gasteiger partial charge in [-0.2, -0.15) is 0 Å². The SMILES string of the molecule is Cl.Oc1cccc2c1OC[C@@H]1NCCC[C@@H]21. The predicted molar refractivity (Wildman–Crippen MR) is 64.6 cm³/mol. The van der Waals surface area contributed by atoms with Gasteiger partial charge in [-0.3, -0.25) is 0 Å². The lowest BCUT2D eigenvalue weighted by Crippen LogP contribution is -2.46. The number of phenolic OH excluding ortho intramolecular Hbond substituents is 1. The Bertz CT molecular complexity index is 383. The van der Waals surface area contributed by atoms with E-state index in [2.05, 4.69) is 11.4 Å². The van der Waals surface area contributed by atoms with E-state index in [0.29, 0.717) is 24.3 Å². The van der Waals surface area contributed by atoms with Gasteiger partial charge < -0.3 is 15.2 Å². The van der Waals surface area contributed by atoms with Crippen molar-refractivity contribution in [2.75, 3.05) is 13.2 Å². The van der Waals surface area contributed by atoms with Crippen molar-refractivity contribution < 1.29 is 9.84 Å². The maximum absolute atomic E-state index is 9.70. The zero-order valence-electron chi connectivity index (χ0n) is 8.98. The van der Waals surface area contributed by atoms with E-state index in [1.165, 1.54) is 18.4 Å². The van der Waals surface area contributed by atoms with Gasteiger partial charge in [0.15, 0.2) is 11.5 Å². The van der Waals surface area contributed by atoms with E-state index in [9.17, 15) is 5.11 Å². The van der Waals surface area contributed by atoms with Crippen molar-refractivity contribution in [1.29, 1.82) is 0 Å². The Kier molecular flexibility index (Phi) is 3.26. The maximum Gasteiger partial charge on any atom is 0.164 e. The number of halogens is 1. The number of rotatable bonds is 0. The molecular weight excluding hydrogens is 226 g/mol. The molecule has 0 unspecified atom stereocenters. The molecule has 0 aliphatic carbocycles. The first-order valence-electron chi connectivity index (χ1n) is 5.54. The van der Waals surface area contributed by atoms with E-state index in [0.717, 1.165) is 6.54 Å². The van der Waals surface area contributed by atoms with Crippen molar-refractivity contribution in [2.24, 2.45) is 0 Å². The van der Waals surface area contributed by atoms with Crippen molar-refractivity contribution in [2.45, 2.75) is 24.8 Å². The monoisotopic (exact) mass is 241 g/mol. The molecule has 0 radical (unpaired) electrons. The second-order valence-electron chi connectivity index (χ2n) is 4.32. The molecular formula is C12H16ClNO2. The molecule has 0 saturated carbocycles. The van der Waals surface area contributed by atoms with E-state index < -0.39 is 0 Å². The summed E-state index contributed by atoms with van der Waals surface area (Å²) in [5.41, 5.74) is 1.17. The fourth-order valence-electron chi connectivity index (χ4n) is 2.66. The normalized spacial score (nSPS) is 27.0. The number of piperidine rings is 1. The van der Waals surface area contributed by atoms with Crippen molar-refractivity contribution >= 4 is 12.4 Å². The molecule has 1 saturated heterocycles. The summed E-state index contributed by atoms with van der Waals surface area (Å²) in [7, 11) is 0. The minimum atomic E-state index is 0. The van der Waals surface area contributed by atoms with Crippen LogP contribution in [0.5, 0.6) is 11.5 Å². The Morgan fingerprint density at radius 3 is 3.12 bits per heavy atom. The van der Waals surface area contributed by atoms with Gasteiger partial charge in [-0.25, -0.2) is 0 Å². The van der Waals surface area contributed by atoms with Crippen molar-refractivity contribution in [3.05, 3.63) is 23.8 Å². The molecule has 2 aliphatic rings. The van der Waals surface area contributed by atoms with Gasteiger partial charge in [0.25, 0.3) is 0 Å². The van der Waals surface area contributed by atoms with Gasteiger partial charge in [-0.15, -0.1) is 12.4 Å². The number of benzene rings is 1. The van der Waals surface area contributed by atoms with E-state index in [1.807, 2.05) is 6.07 Å². The van der Waals surface area contributed by atoms with Gasteiger partial charge in [0, 0.05) is 17.5 Å².